The summed E-state index contributed by atoms with van der Waals surface area (Å²) < 4.78 is 10.8. The molecule has 1 aromatic rings. The fraction of sp³-hybridized carbons (Fsp3) is 0.571. The molecule has 3 amide bonds. The van der Waals surface area contributed by atoms with Gasteiger partial charge in [-0.2, -0.15) is 0 Å². The van der Waals surface area contributed by atoms with Crippen molar-refractivity contribution in [2.24, 2.45) is 0 Å². The molecule has 2 aliphatic rings. The highest BCUT2D eigenvalue weighted by molar-refractivity contribution is 6.02. The average molecular weight is 418 g/mol. The van der Waals surface area contributed by atoms with E-state index in [4.69, 9.17) is 9.47 Å². The second-order valence-corrected chi connectivity index (χ2v) is 8.40. The van der Waals surface area contributed by atoms with E-state index in [0.717, 1.165) is 13.1 Å². The van der Waals surface area contributed by atoms with Crippen LogP contribution in [0.5, 0.6) is 5.75 Å². The number of benzene rings is 1. The molecule has 30 heavy (non-hydrogen) atoms. The smallest absolute Gasteiger partial charge is 0.410 e. The lowest BCUT2D eigenvalue weighted by molar-refractivity contribution is -0.125. The van der Waals surface area contributed by atoms with Crippen LogP contribution in [0.3, 0.4) is 0 Å². The van der Waals surface area contributed by atoms with E-state index < -0.39 is 5.60 Å². The Kier molecular flexibility index (Phi) is 6.81. The van der Waals surface area contributed by atoms with Crippen LogP contribution in [0.4, 0.5) is 10.5 Å². The highest BCUT2D eigenvalue weighted by Gasteiger charge is 2.28. The average Bonchev–Trinajstić information content (AvgIpc) is 2.69. The van der Waals surface area contributed by atoms with E-state index in [-0.39, 0.29) is 31.1 Å². The predicted octanol–water partition coefficient (Wildman–Crippen LogP) is 1.08. The Morgan fingerprint density at radius 2 is 1.83 bits per heavy atom. The Labute approximate surface area is 176 Å². The third kappa shape index (κ3) is 5.85. The lowest BCUT2D eigenvalue weighted by atomic mass is 10.2. The largest absolute Gasteiger partial charge is 0.482 e. The van der Waals surface area contributed by atoms with Crippen LogP contribution in [-0.2, 0) is 14.3 Å². The van der Waals surface area contributed by atoms with Gasteiger partial charge in [-0.15, -0.1) is 0 Å². The van der Waals surface area contributed by atoms with Crippen molar-refractivity contribution >= 4 is 23.6 Å². The Bertz CT molecular complexity index is 784. The number of rotatable bonds is 5. The normalized spacial score (nSPS) is 17.2. The van der Waals surface area contributed by atoms with Crippen molar-refractivity contribution in [2.75, 3.05) is 57.3 Å². The third-order valence-electron chi connectivity index (χ3n) is 4.88. The lowest BCUT2D eigenvalue weighted by Crippen LogP contribution is -2.51. The summed E-state index contributed by atoms with van der Waals surface area (Å²) in [6, 6.07) is 7.19. The first-order valence-electron chi connectivity index (χ1n) is 10.2. The molecular weight excluding hydrogens is 388 g/mol. The van der Waals surface area contributed by atoms with Crippen LogP contribution in [0.15, 0.2) is 24.3 Å². The van der Waals surface area contributed by atoms with Gasteiger partial charge >= 0.3 is 6.09 Å². The van der Waals surface area contributed by atoms with Gasteiger partial charge < -0.3 is 19.7 Å². The number of hydrogen-bond acceptors (Lipinski definition) is 6. The number of fused-ring (bicyclic) bond motifs is 1. The summed E-state index contributed by atoms with van der Waals surface area (Å²) in [6.07, 6.45) is -0.286. The molecule has 9 nitrogen and oxygen atoms in total. The molecular formula is C21H30N4O5. The second kappa shape index (κ2) is 9.34. The molecule has 3 rings (SSSR count). The molecule has 1 N–H and O–H groups in total. The molecule has 0 saturated carbocycles. The maximum atomic E-state index is 12.3. The van der Waals surface area contributed by atoms with E-state index in [9.17, 15) is 14.4 Å². The van der Waals surface area contributed by atoms with Crippen molar-refractivity contribution in [2.45, 2.75) is 26.4 Å². The van der Waals surface area contributed by atoms with Gasteiger partial charge in [0, 0.05) is 39.3 Å². The van der Waals surface area contributed by atoms with Crippen molar-refractivity contribution in [3.05, 3.63) is 24.3 Å². The van der Waals surface area contributed by atoms with Gasteiger partial charge in [-0.3, -0.25) is 19.4 Å². The van der Waals surface area contributed by atoms with Crippen molar-refractivity contribution in [3.63, 3.8) is 0 Å². The minimum atomic E-state index is -0.499. The first-order chi connectivity index (χ1) is 14.2. The molecule has 164 valence electrons. The molecule has 1 fully saturated rings. The van der Waals surface area contributed by atoms with E-state index in [0.29, 0.717) is 37.6 Å². The molecule has 0 aromatic heterocycles. The molecule has 1 saturated heterocycles. The Morgan fingerprint density at radius 1 is 1.13 bits per heavy atom. The van der Waals surface area contributed by atoms with Gasteiger partial charge in [-0.1, -0.05) is 12.1 Å². The maximum Gasteiger partial charge on any atom is 0.410 e. The van der Waals surface area contributed by atoms with Gasteiger partial charge in [0.25, 0.3) is 5.91 Å². The number of piperazine rings is 1. The number of carbonyl (C=O) groups is 3. The Balaban J connectivity index is 1.39. The fourth-order valence-electron chi connectivity index (χ4n) is 3.36. The van der Waals surface area contributed by atoms with E-state index in [2.05, 4.69) is 10.2 Å². The molecule has 9 heteroatoms. The van der Waals surface area contributed by atoms with E-state index >= 15 is 0 Å². The summed E-state index contributed by atoms with van der Waals surface area (Å²) in [5.41, 5.74) is 0.114. The zero-order valence-electron chi connectivity index (χ0n) is 17.8. The van der Waals surface area contributed by atoms with Gasteiger partial charge in [0.2, 0.25) is 5.91 Å². The van der Waals surface area contributed by atoms with Crippen LogP contribution in [0.2, 0.25) is 0 Å². The van der Waals surface area contributed by atoms with Crippen molar-refractivity contribution < 1.29 is 23.9 Å². The zero-order chi connectivity index (χ0) is 21.7. The van der Waals surface area contributed by atoms with Crippen molar-refractivity contribution in [1.29, 1.82) is 0 Å². The highest BCUT2D eigenvalue weighted by atomic mass is 16.6. The standard InChI is InChI=1S/C21H30N4O5/c1-21(2,3)30-20(28)24-12-10-23(11-13-24)9-8-22-18(26)14-25-16-6-4-5-7-17(16)29-15-19(25)27/h4-7H,8-15H2,1-3H3,(H,22,26). The summed E-state index contributed by atoms with van der Waals surface area (Å²) >= 11 is 0. The number of nitrogens with zero attached hydrogens (tertiary/aromatic N) is 3. The van der Waals surface area contributed by atoms with Gasteiger partial charge in [-0.05, 0) is 32.9 Å². The molecule has 1 aromatic carbocycles. The quantitative estimate of drug-likeness (QED) is 0.770. The SMILES string of the molecule is CC(C)(C)OC(=O)N1CCN(CCNC(=O)CN2C(=O)COc3ccccc32)CC1. The third-order valence-corrected chi connectivity index (χ3v) is 4.88. The van der Waals surface area contributed by atoms with Crippen molar-refractivity contribution in [3.8, 4) is 5.75 Å². The van der Waals surface area contributed by atoms with Gasteiger partial charge in [0.05, 0.1) is 5.69 Å². The lowest BCUT2D eigenvalue weighted by Gasteiger charge is -2.35. The molecule has 0 radical (unpaired) electrons. The van der Waals surface area contributed by atoms with Crippen LogP contribution < -0.4 is 15.0 Å². The number of amides is 3. The second-order valence-electron chi connectivity index (χ2n) is 8.40. The van der Waals surface area contributed by atoms with Crippen LogP contribution in [0, 0.1) is 0 Å². The first-order valence-corrected chi connectivity index (χ1v) is 10.2. The zero-order valence-corrected chi connectivity index (χ0v) is 17.8. The summed E-state index contributed by atoms with van der Waals surface area (Å²) in [7, 11) is 0. The van der Waals surface area contributed by atoms with Crippen LogP contribution in [0.1, 0.15) is 20.8 Å². The van der Waals surface area contributed by atoms with Gasteiger partial charge in [0.15, 0.2) is 6.61 Å². The fourth-order valence-corrected chi connectivity index (χ4v) is 3.36. The molecule has 0 bridgehead atoms. The van der Waals surface area contributed by atoms with Crippen LogP contribution in [-0.4, -0.2) is 85.7 Å². The molecule has 0 spiro atoms. The van der Waals surface area contributed by atoms with E-state index in [1.54, 1.807) is 17.0 Å². The first kappa shape index (κ1) is 21.9. The van der Waals surface area contributed by atoms with Crippen LogP contribution >= 0.6 is 0 Å². The summed E-state index contributed by atoms with van der Waals surface area (Å²) in [4.78, 5) is 42.0. The molecule has 2 heterocycles. The summed E-state index contributed by atoms with van der Waals surface area (Å²) in [5.74, 6) is 0.155. The van der Waals surface area contributed by atoms with Crippen molar-refractivity contribution in [1.82, 2.24) is 15.1 Å². The molecule has 0 aliphatic carbocycles. The number of nitrogens with one attached hydrogen (secondary N) is 1. The molecule has 0 unspecified atom stereocenters. The van der Waals surface area contributed by atoms with E-state index in [1.807, 2.05) is 32.9 Å². The summed E-state index contributed by atoms with van der Waals surface area (Å²) in [5, 5.41) is 2.87. The topological polar surface area (TPSA) is 91.4 Å². The Hall–Kier alpha value is -2.81. The van der Waals surface area contributed by atoms with Gasteiger partial charge in [0.1, 0.15) is 17.9 Å². The number of ether oxygens (including phenoxy) is 2. The molecule has 2 aliphatic heterocycles. The number of anilines is 1. The number of carbonyl (C=O) groups excluding carboxylic acids is 3. The van der Waals surface area contributed by atoms with Gasteiger partial charge in [-0.25, -0.2) is 4.79 Å². The highest BCUT2D eigenvalue weighted by Crippen LogP contribution is 2.31. The molecule has 0 atom stereocenters. The number of para-hydroxylation sites is 2. The number of hydrogen-bond donors (Lipinski definition) is 1. The monoisotopic (exact) mass is 418 g/mol. The maximum absolute atomic E-state index is 12.3. The summed E-state index contributed by atoms with van der Waals surface area (Å²) in [6.45, 7) is 9.27. The Morgan fingerprint density at radius 3 is 2.53 bits per heavy atom. The predicted molar refractivity (Wildman–Crippen MR) is 112 cm³/mol. The minimum Gasteiger partial charge on any atom is -0.482 e. The van der Waals surface area contributed by atoms with E-state index in [1.165, 1.54) is 4.90 Å². The van der Waals surface area contributed by atoms with Crippen LogP contribution in [0.25, 0.3) is 0 Å². The minimum absolute atomic E-state index is 0.0361.